The maximum atomic E-state index is 12.0. The van der Waals surface area contributed by atoms with Crippen molar-refractivity contribution in [3.8, 4) is 0 Å². The van der Waals surface area contributed by atoms with Crippen molar-refractivity contribution in [3.05, 3.63) is 51.6 Å². The van der Waals surface area contributed by atoms with Gasteiger partial charge in [-0.05, 0) is 55.5 Å². The van der Waals surface area contributed by atoms with Gasteiger partial charge >= 0.3 is 5.97 Å². The third-order valence-electron chi connectivity index (χ3n) is 4.26. The average molecular weight is 411 g/mol. The van der Waals surface area contributed by atoms with E-state index in [-0.39, 0.29) is 17.1 Å². The first-order valence-corrected chi connectivity index (χ1v) is 9.17. The standard InChI is InChI=1S/C19H20Cl2N2O4/c1-10(20)27-16(24)8-6-12-9-11(5-7-15(12)21)13-3-2-4-14(18(22)25)17(13)19(23)26/h5-10,13H,2-4H2,1H3,(H2,22,25)(H2,23,26)/b8-6+. The van der Waals surface area contributed by atoms with Crippen LogP contribution in [0.25, 0.3) is 6.08 Å². The Bertz CT molecular complexity index is 831. The van der Waals surface area contributed by atoms with Gasteiger partial charge in [0.2, 0.25) is 11.8 Å². The van der Waals surface area contributed by atoms with Crippen molar-refractivity contribution in [2.45, 2.75) is 37.7 Å². The molecule has 1 aliphatic rings. The van der Waals surface area contributed by atoms with Crippen LogP contribution in [0.2, 0.25) is 5.02 Å². The second-order valence-corrected chi connectivity index (χ2v) is 7.18. The molecule has 1 aliphatic carbocycles. The lowest BCUT2D eigenvalue weighted by Crippen LogP contribution is -2.29. The predicted octanol–water partition coefficient (Wildman–Crippen LogP) is 3.02. The third kappa shape index (κ3) is 5.34. The Morgan fingerprint density at radius 2 is 1.96 bits per heavy atom. The van der Waals surface area contributed by atoms with Crippen molar-refractivity contribution in [1.82, 2.24) is 0 Å². The molecule has 0 radical (unpaired) electrons. The van der Waals surface area contributed by atoms with E-state index in [4.69, 9.17) is 39.4 Å². The van der Waals surface area contributed by atoms with E-state index in [1.807, 2.05) is 0 Å². The molecule has 144 valence electrons. The number of nitrogens with two attached hydrogens (primary N) is 2. The molecule has 0 saturated heterocycles. The van der Waals surface area contributed by atoms with Crippen LogP contribution in [0.1, 0.15) is 43.2 Å². The van der Waals surface area contributed by atoms with Gasteiger partial charge in [-0.1, -0.05) is 29.3 Å². The van der Waals surface area contributed by atoms with Crippen LogP contribution in [0.3, 0.4) is 0 Å². The number of rotatable bonds is 6. The van der Waals surface area contributed by atoms with Crippen molar-refractivity contribution in [2.24, 2.45) is 11.5 Å². The first-order chi connectivity index (χ1) is 12.7. The molecule has 2 amide bonds. The SMILES string of the molecule is CC(Cl)OC(=O)/C=C/c1cc(C2CCCC(C(N)=O)=C2C(N)=O)ccc1Cl. The van der Waals surface area contributed by atoms with E-state index in [1.165, 1.54) is 19.1 Å². The van der Waals surface area contributed by atoms with E-state index in [0.29, 0.717) is 29.8 Å². The summed E-state index contributed by atoms with van der Waals surface area (Å²) in [5.41, 5.74) is 12.0. The molecule has 0 aromatic heterocycles. The zero-order valence-corrected chi connectivity index (χ0v) is 16.2. The summed E-state index contributed by atoms with van der Waals surface area (Å²) < 4.78 is 4.82. The third-order valence-corrected chi connectivity index (χ3v) is 4.69. The van der Waals surface area contributed by atoms with Gasteiger partial charge in [0.05, 0.1) is 0 Å². The summed E-state index contributed by atoms with van der Waals surface area (Å²) in [5, 5.41) is 0.414. The molecule has 6 nitrogen and oxygen atoms in total. The van der Waals surface area contributed by atoms with Crippen LogP contribution in [0.4, 0.5) is 0 Å². The van der Waals surface area contributed by atoms with Crippen LogP contribution in [-0.2, 0) is 19.1 Å². The molecular formula is C19H20Cl2N2O4. The van der Waals surface area contributed by atoms with Gasteiger partial charge in [-0.3, -0.25) is 9.59 Å². The molecule has 0 spiro atoms. The number of benzene rings is 1. The number of esters is 1. The zero-order valence-electron chi connectivity index (χ0n) is 14.7. The van der Waals surface area contributed by atoms with Crippen molar-refractivity contribution >= 4 is 47.1 Å². The number of amides is 2. The monoisotopic (exact) mass is 410 g/mol. The van der Waals surface area contributed by atoms with E-state index in [9.17, 15) is 14.4 Å². The molecule has 2 atom stereocenters. The second kappa shape index (κ2) is 9.06. The van der Waals surface area contributed by atoms with Gasteiger partial charge in [0.1, 0.15) is 0 Å². The molecule has 0 fully saturated rings. The fraction of sp³-hybridized carbons (Fsp3) is 0.316. The molecule has 2 rings (SSSR count). The van der Waals surface area contributed by atoms with Crippen LogP contribution in [0, 0.1) is 0 Å². The summed E-state index contributed by atoms with van der Waals surface area (Å²) in [4.78, 5) is 35.3. The van der Waals surface area contributed by atoms with E-state index in [1.54, 1.807) is 18.2 Å². The number of halogens is 2. The van der Waals surface area contributed by atoms with E-state index in [0.717, 1.165) is 5.56 Å². The normalized spacial score (nSPS) is 18.4. The fourth-order valence-corrected chi connectivity index (χ4v) is 3.41. The van der Waals surface area contributed by atoms with Gasteiger partial charge < -0.3 is 16.2 Å². The number of primary amides is 2. The van der Waals surface area contributed by atoms with Crippen molar-refractivity contribution in [1.29, 1.82) is 0 Å². The number of hydrogen-bond donors (Lipinski definition) is 2. The Labute approximate surface area is 167 Å². The number of ether oxygens (including phenoxy) is 1. The molecule has 4 N–H and O–H groups in total. The molecule has 0 aliphatic heterocycles. The Morgan fingerprint density at radius 3 is 2.56 bits per heavy atom. The molecule has 1 aromatic rings. The van der Waals surface area contributed by atoms with Crippen molar-refractivity contribution in [3.63, 3.8) is 0 Å². The summed E-state index contributed by atoms with van der Waals surface area (Å²) in [6.45, 7) is 1.53. The van der Waals surface area contributed by atoms with Crippen LogP contribution < -0.4 is 11.5 Å². The van der Waals surface area contributed by atoms with E-state index in [2.05, 4.69) is 0 Å². The minimum absolute atomic E-state index is 0.237. The largest absolute Gasteiger partial charge is 0.443 e. The first kappa shape index (κ1) is 21.0. The molecule has 2 unspecified atom stereocenters. The Balaban J connectivity index is 2.40. The highest BCUT2D eigenvalue weighted by Gasteiger charge is 2.30. The minimum Gasteiger partial charge on any atom is -0.443 e. The number of hydrogen-bond acceptors (Lipinski definition) is 4. The molecule has 0 heterocycles. The van der Waals surface area contributed by atoms with Crippen LogP contribution in [-0.4, -0.2) is 23.3 Å². The predicted molar refractivity (Wildman–Crippen MR) is 104 cm³/mol. The highest BCUT2D eigenvalue weighted by atomic mass is 35.5. The highest BCUT2D eigenvalue weighted by Crippen LogP contribution is 2.38. The lowest BCUT2D eigenvalue weighted by molar-refractivity contribution is -0.138. The Hall–Kier alpha value is -2.31. The molecule has 0 saturated carbocycles. The summed E-state index contributed by atoms with van der Waals surface area (Å²) in [6, 6.07) is 5.16. The van der Waals surface area contributed by atoms with Gasteiger partial charge in [-0.25, -0.2) is 4.79 Å². The summed E-state index contributed by atoms with van der Waals surface area (Å²) in [6.07, 6.45) is 4.48. The first-order valence-electron chi connectivity index (χ1n) is 8.35. The summed E-state index contributed by atoms with van der Waals surface area (Å²) in [5.74, 6) is -2.27. The van der Waals surface area contributed by atoms with Crippen molar-refractivity contribution < 1.29 is 19.1 Å². The molecular weight excluding hydrogens is 391 g/mol. The van der Waals surface area contributed by atoms with Gasteiger partial charge in [0.25, 0.3) is 0 Å². The van der Waals surface area contributed by atoms with Gasteiger partial charge in [0.15, 0.2) is 5.56 Å². The topological polar surface area (TPSA) is 112 Å². The molecule has 1 aromatic carbocycles. The van der Waals surface area contributed by atoms with Crippen LogP contribution in [0.15, 0.2) is 35.4 Å². The fourth-order valence-electron chi connectivity index (χ4n) is 3.15. The zero-order chi connectivity index (χ0) is 20.1. The second-order valence-electron chi connectivity index (χ2n) is 6.16. The number of alkyl halides is 1. The molecule has 8 heteroatoms. The lowest BCUT2D eigenvalue weighted by Gasteiger charge is -2.26. The maximum Gasteiger partial charge on any atom is 0.332 e. The lowest BCUT2D eigenvalue weighted by atomic mass is 9.78. The summed E-state index contributed by atoms with van der Waals surface area (Å²) >= 11 is 11.8. The van der Waals surface area contributed by atoms with Crippen LogP contribution >= 0.6 is 23.2 Å². The van der Waals surface area contributed by atoms with Gasteiger partial charge in [-0.15, -0.1) is 0 Å². The van der Waals surface area contributed by atoms with Gasteiger partial charge in [-0.2, -0.15) is 0 Å². The quantitative estimate of drug-likeness (QED) is 0.426. The van der Waals surface area contributed by atoms with Crippen molar-refractivity contribution in [2.75, 3.05) is 0 Å². The minimum atomic E-state index is -0.748. The average Bonchev–Trinajstić information content (AvgIpc) is 2.59. The van der Waals surface area contributed by atoms with E-state index >= 15 is 0 Å². The number of carbonyl (C=O) groups is 3. The van der Waals surface area contributed by atoms with Crippen LogP contribution in [0.5, 0.6) is 0 Å². The maximum absolute atomic E-state index is 12.0. The number of carbonyl (C=O) groups excluding carboxylic acids is 3. The molecule has 0 bridgehead atoms. The smallest absolute Gasteiger partial charge is 0.332 e. The van der Waals surface area contributed by atoms with Gasteiger partial charge in [0, 0.05) is 28.2 Å². The Morgan fingerprint density at radius 1 is 1.26 bits per heavy atom. The Kier molecular flexibility index (Phi) is 7.05. The summed E-state index contributed by atoms with van der Waals surface area (Å²) in [7, 11) is 0. The highest BCUT2D eigenvalue weighted by molar-refractivity contribution is 6.32. The molecule has 27 heavy (non-hydrogen) atoms. The van der Waals surface area contributed by atoms with E-state index < -0.39 is 23.3 Å².